The summed E-state index contributed by atoms with van der Waals surface area (Å²) in [5.74, 6) is 3.08. The molecule has 0 N–H and O–H groups in total. The molecule has 0 aliphatic rings. The van der Waals surface area contributed by atoms with Crippen LogP contribution in [0.4, 0.5) is 5.13 Å². The fraction of sp³-hybridized carbons (Fsp3) is 0.308. The molecule has 0 aliphatic carbocycles. The summed E-state index contributed by atoms with van der Waals surface area (Å²) >= 11 is 3.81. The molecule has 4 heteroatoms. The minimum absolute atomic E-state index is 0.748. The summed E-state index contributed by atoms with van der Waals surface area (Å²) in [4.78, 5) is 6.85. The van der Waals surface area contributed by atoms with Gasteiger partial charge in [-0.25, -0.2) is 4.98 Å². The van der Waals surface area contributed by atoms with E-state index in [9.17, 15) is 0 Å². The number of aryl methyl sites for hydroxylation is 1. The van der Waals surface area contributed by atoms with E-state index in [1.807, 2.05) is 0 Å². The summed E-state index contributed by atoms with van der Waals surface area (Å²) in [6, 6.07) is 6.38. The first-order valence-electron chi connectivity index (χ1n) is 5.45. The van der Waals surface area contributed by atoms with Gasteiger partial charge in [0.15, 0.2) is 5.13 Å². The maximum Gasteiger partial charge on any atom is 0.187 e. The molecule has 0 spiro atoms. The number of hydrogen-bond donors (Lipinski definition) is 0. The Bertz CT molecular complexity index is 580. The first-order valence-corrected chi connectivity index (χ1v) is 7.34. The minimum Gasteiger partial charge on any atom is -0.337 e. The normalized spacial score (nSPS) is 10.1. The van der Waals surface area contributed by atoms with E-state index in [0.29, 0.717) is 0 Å². The van der Waals surface area contributed by atoms with Gasteiger partial charge in [0.25, 0.3) is 0 Å². The summed E-state index contributed by atoms with van der Waals surface area (Å²) in [6.07, 6.45) is 0. The Morgan fingerprint density at radius 1 is 1.47 bits per heavy atom. The summed E-state index contributed by atoms with van der Waals surface area (Å²) < 4.78 is 4.15. The number of anilines is 1. The van der Waals surface area contributed by atoms with E-state index in [1.54, 1.807) is 11.3 Å². The van der Waals surface area contributed by atoms with Gasteiger partial charge in [0.1, 0.15) is 0 Å². The summed E-state index contributed by atoms with van der Waals surface area (Å²) in [5, 5.41) is 1.06. The van der Waals surface area contributed by atoms with Gasteiger partial charge in [-0.3, -0.25) is 0 Å². The van der Waals surface area contributed by atoms with Crippen LogP contribution in [-0.2, 0) is 0 Å². The Kier molecular flexibility index (Phi) is 4.24. The van der Waals surface area contributed by atoms with Crippen LogP contribution >= 0.6 is 33.9 Å². The topological polar surface area (TPSA) is 16.1 Å². The number of aromatic nitrogens is 1. The zero-order chi connectivity index (χ0) is 12.3. The molecule has 1 heterocycles. The number of benzene rings is 1. The van der Waals surface area contributed by atoms with Crippen LogP contribution in [0.2, 0.25) is 0 Å². The Labute approximate surface area is 119 Å². The average molecular weight is 356 g/mol. The predicted octanol–water partition coefficient (Wildman–Crippen LogP) is 3.83. The standard InChI is InChI=1S/C13H13IN2S/c1-3-16(8-4-7-14)13-15-11-6-5-10(2)9-12(11)17-13/h5-6,9H,3,8H2,1-2H3. The number of halogens is 1. The molecule has 1 aromatic carbocycles. The van der Waals surface area contributed by atoms with Crippen molar-refractivity contribution < 1.29 is 0 Å². The average Bonchev–Trinajstić information content (AvgIpc) is 2.72. The van der Waals surface area contributed by atoms with Crippen molar-refractivity contribution in [2.75, 3.05) is 18.0 Å². The van der Waals surface area contributed by atoms with Gasteiger partial charge in [0.05, 0.1) is 16.8 Å². The van der Waals surface area contributed by atoms with Gasteiger partial charge in [0.2, 0.25) is 0 Å². The lowest BCUT2D eigenvalue weighted by atomic mass is 10.2. The second kappa shape index (κ2) is 5.69. The molecule has 0 radical (unpaired) electrons. The second-order valence-corrected chi connectivity index (χ2v) is 5.30. The lowest BCUT2D eigenvalue weighted by molar-refractivity contribution is 0.912. The minimum atomic E-state index is 0.748. The molecule has 0 amide bonds. The molecule has 0 saturated carbocycles. The van der Waals surface area contributed by atoms with Gasteiger partial charge in [0, 0.05) is 29.1 Å². The van der Waals surface area contributed by atoms with Crippen LogP contribution < -0.4 is 4.90 Å². The van der Waals surface area contributed by atoms with E-state index in [2.05, 4.69) is 74.4 Å². The quantitative estimate of drug-likeness (QED) is 0.614. The first-order chi connectivity index (χ1) is 8.24. The number of thiazole rings is 1. The molecule has 17 heavy (non-hydrogen) atoms. The van der Waals surface area contributed by atoms with Gasteiger partial charge in [-0.2, -0.15) is 0 Å². The molecule has 0 unspecified atom stereocenters. The largest absolute Gasteiger partial charge is 0.337 e. The summed E-state index contributed by atoms with van der Waals surface area (Å²) in [6.45, 7) is 5.92. The molecule has 2 nitrogen and oxygen atoms in total. The fourth-order valence-electron chi connectivity index (χ4n) is 1.59. The monoisotopic (exact) mass is 356 g/mol. The van der Waals surface area contributed by atoms with Crippen molar-refractivity contribution in [3.63, 3.8) is 0 Å². The predicted molar refractivity (Wildman–Crippen MR) is 84.0 cm³/mol. The van der Waals surface area contributed by atoms with Crippen LogP contribution in [0.15, 0.2) is 18.2 Å². The second-order valence-electron chi connectivity index (χ2n) is 3.75. The van der Waals surface area contributed by atoms with E-state index in [4.69, 9.17) is 0 Å². The van der Waals surface area contributed by atoms with Gasteiger partial charge in [-0.05, 0) is 35.5 Å². The molecular formula is C13H13IN2S. The highest BCUT2D eigenvalue weighted by Gasteiger charge is 2.09. The van der Waals surface area contributed by atoms with Crippen molar-refractivity contribution in [1.29, 1.82) is 0 Å². The maximum absolute atomic E-state index is 4.65. The van der Waals surface area contributed by atoms with Crippen LogP contribution in [-0.4, -0.2) is 18.1 Å². The van der Waals surface area contributed by atoms with E-state index in [-0.39, 0.29) is 0 Å². The SMILES string of the molecule is CCN(CC#CI)c1nc2ccc(C)cc2s1. The van der Waals surface area contributed by atoms with Crippen molar-refractivity contribution in [3.8, 4) is 9.85 Å². The van der Waals surface area contributed by atoms with Crippen molar-refractivity contribution in [3.05, 3.63) is 23.8 Å². The molecular weight excluding hydrogens is 343 g/mol. The summed E-state index contributed by atoms with van der Waals surface area (Å²) in [5.41, 5.74) is 2.36. The highest BCUT2D eigenvalue weighted by atomic mass is 127. The van der Waals surface area contributed by atoms with Crippen molar-refractivity contribution in [1.82, 2.24) is 4.98 Å². The maximum atomic E-state index is 4.65. The van der Waals surface area contributed by atoms with Crippen LogP contribution in [0.1, 0.15) is 12.5 Å². The number of nitrogens with zero attached hydrogens (tertiary/aromatic N) is 2. The van der Waals surface area contributed by atoms with E-state index in [0.717, 1.165) is 23.7 Å². The van der Waals surface area contributed by atoms with E-state index < -0.39 is 0 Å². The molecule has 2 aromatic rings. The Morgan fingerprint density at radius 3 is 3.00 bits per heavy atom. The molecule has 0 saturated heterocycles. The van der Waals surface area contributed by atoms with E-state index in [1.165, 1.54) is 10.3 Å². The molecule has 0 atom stereocenters. The van der Waals surface area contributed by atoms with Gasteiger partial charge in [-0.15, -0.1) is 0 Å². The van der Waals surface area contributed by atoms with Crippen molar-refractivity contribution >= 4 is 49.3 Å². The third-order valence-corrected chi connectivity index (χ3v) is 3.98. The van der Waals surface area contributed by atoms with Crippen molar-refractivity contribution in [2.24, 2.45) is 0 Å². The molecule has 0 bridgehead atoms. The molecule has 88 valence electrons. The molecule has 0 fully saturated rings. The van der Waals surface area contributed by atoms with Crippen LogP contribution in [0.3, 0.4) is 0 Å². The first kappa shape index (κ1) is 12.7. The Morgan fingerprint density at radius 2 is 2.29 bits per heavy atom. The summed E-state index contributed by atoms with van der Waals surface area (Å²) in [7, 11) is 0. The van der Waals surface area contributed by atoms with Gasteiger partial charge < -0.3 is 4.90 Å². The number of fused-ring (bicyclic) bond motifs is 1. The zero-order valence-electron chi connectivity index (χ0n) is 9.83. The number of rotatable bonds is 3. The number of hydrogen-bond acceptors (Lipinski definition) is 3. The lowest BCUT2D eigenvalue weighted by Crippen LogP contribution is -2.22. The molecule has 0 aliphatic heterocycles. The van der Waals surface area contributed by atoms with Crippen LogP contribution in [0.5, 0.6) is 0 Å². The Balaban J connectivity index is 2.36. The third-order valence-electron chi connectivity index (χ3n) is 2.52. The van der Waals surface area contributed by atoms with Gasteiger partial charge in [-0.1, -0.05) is 23.3 Å². The van der Waals surface area contributed by atoms with E-state index >= 15 is 0 Å². The van der Waals surface area contributed by atoms with Crippen molar-refractivity contribution in [2.45, 2.75) is 13.8 Å². The van der Waals surface area contributed by atoms with Crippen LogP contribution in [0.25, 0.3) is 10.2 Å². The fourth-order valence-corrected chi connectivity index (χ4v) is 2.89. The Hall–Kier alpha value is -0.800. The molecule has 1 aromatic heterocycles. The highest BCUT2D eigenvalue weighted by molar-refractivity contribution is 14.1. The molecule has 2 rings (SSSR count). The van der Waals surface area contributed by atoms with Crippen LogP contribution in [0, 0.1) is 16.8 Å². The zero-order valence-corrected chi connectivity index (χ0v) is 12.8. The van der Waals surface area contributed by atoms with Gasteiger partial charge >= 0.3 is 0 Å². The lowest BCUT2D eigenvalue weighted by Gasteiger charge is -2.15. The highest BCUT2D eigenvalue weighted by Crippen LogP contribution is 2.29. The third kappa shape index (κ3) is 2.90. The smallest absolute Gasteiger partial charge is 0.187 e.